The van der Waals surface area contributed by atoms with Crippen molar-refractivity contribution in [1.29, 1.82) is 0 Å². The summed E-state index contributed by atoms with van der Waals surface area (Å²) in [6, 6.07) is 0. The Balaban J connectivity index is 2.28. The maximum atomic E-state index is 9.81. The minimum Gasteiger partial charge on any atom is -0.394 e. The Kier molecular flexibility index (Phi) is 8.24. The molecule has 1 fully saturated rings. The molecule has 0 radical (unpaired) electrons. The lowest BCUT2D eigenvalue weighted by molar-refractivity contribution is -0.205. The predicted molar refractivity (Wildman–Crippen MR) is 73.7 cm³/mol. The highest BCUT2D eigenvalue weighted by atomic mass is 32.2. The minimum atomic E-state index is -1.28. The molecule has 1 aliphatic heterocycles. The molecular formula is C12H25NO5S. The summed E-state index contributed by atoms with van der Waals surface area (Å²) in [6.07, 6.45) is -0.334. The standard InChI is InChI=1S/C12H25NO5S/c13-5-3-1-2-4-6-19-12-11(17)10(16)9(15)8(7-14)18-12/h8-12,14-17H,1-7,13H2/t8-,9-,10+,11-,12+/m1/s1. The van der Waals surface area contributed by atoms with Crippen molar-refractivity contribution in [3.8, 4) is 0 Å². The van der Waals surface area contributed by atoms with Gasteiger partial charge in [0.15, 0.2) is 0 Å². The number of aliphatic hydroxyl groups excluding tert-OH is 4. The number of hydrogen-bond acceptors (Lipinski definition) is 7. The number of hydrogen-bond donors (Lipinski definition) is 5. The first-order valence-corrected chi connectivity index (χ1v) is 7.79. The van der Waals surface area contributed by atoms with Gasteiger partial charge in [-0.2, -0.15) is 0 Å². The Bertz CT molecular complexity index is 244. The smallest absolute Gasteiger partial charge is 0.132 e. The molecule has 0 aromatic heterocycles. The number of ether oxygens (including phenoxy) is 1. The van der Waals surface area contributed by atoms with Crippen LogP contribution in [0.5, 0.6) is 0 Å². The van der Waals surface area contributed by atoms with Crippen LogP contribution in [-0.4, -0.2) is 69.2 Å². The van der Waals surface area contributed by atoms with Gasteiger partial charge in [0.1, 0.15) is 29.9 Å². The summed E-state index contributed by atoms with van der Waals surface area (Å²) >= 11 is 1.40. The maximum absolute atomic E-state index is 9.81. The fourth-order valence-electron chi connectivity index (χ4n) is 2.00. The molecule has 0 saturated carbocycles. The lowest BCUT2D eigenvalue weighted by Crippen LogP contribution is -2.57. The van der Waals surface area contributed by atoms with Crippen LogP contribution in [0.3, 0.4) is 0 Å². The average molecular weight is 295 g/mol. The first-order valence-electron chi connectivity index (χ1n) is 6.74. The highest BCUT2D eigenvalue weighted by Gasteiger charge is 2.43. The van der Waals surface area contributed by atoms with E-state index in [1.54, 1.807) is 0 Å². The molecule has 0 bridgehead atoms. The predicted octanol–water partition coefficient (Wildman–Crippen LogP) is -0.961. The third-order valence-corrected chi connectivity index (χ3v) is 4.47. The van der Waals surface area contributed by atoms with Gasteiger partial charge in [-0.1, -0.05) is 12.8 Å². The van der Waals surface area contributed by atoms with Crippen LogP contribution in [0, 0.1) is 0 Å². The lowest BCUT2D eigenvalue weighted by Gasteiger charge is -2.39. The molecule has 7 heteroatoms. The summed E-state index contributed by atoms with van der Waals surface area (Å²) in [5.41, 5.74) is 4.80. The van der Waals surface area contributed by atoms with Crippen LogP contribution in [0.1, 0.15) is 25.7 Å². The van der Waals surface area contributed by atoms with Gasteiger partial charge in [0, 0.05) is 0 Å². The molecule has 6 nitrogen and oxygen atoms in total. The topological polar surface area (TPSA) is 116 Å². The molecular weight excluding hydrogens is 270 g/mol. The van der Waals surface area contributed by atoms with E-state index in [1.807, 2.05) is 0 Å². The monoisotopic (exact) mass is 295 g/mol. The summed E-state index contributed by atoms with van der Waals surface area (Å²) in [5.74, 6) is 0.799. The van der Waals surface area contributed by atoms with Crippen molar-refractivity contribution in [3.05, 3.63) is 0 Å². The van der Waals surface area contributed by atoms with Crippen LogP contribution in [0.15, 0.2) is 0 Å². The van der Waals surface area contributed by atoms with Crippen LogP contribution in [0.4, 0.5) is 0 Å². The third kappa shape index (κ3) is 5.18. The Hall–Kier alpha value is 0.110. The zero-order chi connectivity index (χ0) is 14.3. The average Bonchev–Trinajstić information content (AvgIpc) is 2.42. The van der Waals surface area contributed by atoms with Crippen LogP contribution >= 0.6 is 11.8 Å². The number of aliphatic hydroxyl groups is 4. The molecule has 0 aliphatic carbocycles. The molecule has 0 amide bonds. The second-order valence-corrected chi connectivity index (χ2v) is 5.98. The fraction of sp³-hybridized carbons (Fsp3) is 1.00. The summed E-state index contributed by atoms with van der Waals surface area (Å²) < 4.78 is 5.39. The number of nitrogens with two attached hydrogens (primary N) is 1. The molecule has 1 rings (SSSR count). The number of thioether (sulfide) groups is 1. The van der Waals surface area contributed by atoms with Gasteiger partial charge in [-0.25, -0.2) is 0 Å². The molecule has 1 heterocycles. The summed E-state index contributed by atoms with van der Waals surface area (Å²) in [4.78, 5) is 0. The molecule has 0 aromatic carbocycles. The van der Waals surface area contributed by atoms with Gasteiger partial charge in [0.25, 0.3) is 0 Å². The van der Waals surface area contributed by atoms with Crippen LogP contribution < -0.4 is 5.73 Å². The third-order valence-electron chi connectivity index (χ3n) is 3.23. The zero-order valence-electron chi connectivity index (χ0n) is 11.0. The van der Waals surface area contributed by atoms with E-state index in [1.165, 1.54) is 11.8 Å². The zero-order valence-corrected chi connectivity index (χ0v) is 11.8. The van der Waals surface area contributed by atoms with Crippen molar-refractivity contribution < 1.29 is 25.2 Å². The second-order valence-electron chi connectivity index (χ2n) is 4.77. The van der Waals surface area contributed by atoms with Crippen LogP contribution in [0.25, 0.3) is 0 Å². The molecule has 19 heavy (non-hydrogen) atoms. The normalized spacial score (nSPS) is 35.5. The van der Waals surface area contributed by atoms with Gasteiger partial charge in [-0.15, -0.1) is 11.8 Å². The molecule has 0 aromatic rings. The van der Waals surface area contributed by atoms with E-state index in [-0.39, 0.29) is 6.61 Å². The van der Waals surface area contributed by atoms with E-state index in [9.17, 15) is 15.3 Å². The number of unbranched alkanes of at least 4 members (excludes halogenated alkanes) is 3. The summed E-state index contributed by atoms with van der Waals surface area (Å²) in [6.45, 7) is 0.332. The molecule has 0 unspecified atom stereocenters. The van der Waals surface area contributed by atoms with E-state index in [2.05, 4.69) is 0 Å². The Morgan fingerprint density at radius 2 is 1.63 bits per heavy atom. The van der Waals surface area contributed by atoms with Gasteiger partial charge in [0.05, 0.1) is 6.61 Å². The summed E-state index contributed by atoms with van der Waals surface area (Å²) in [7, 11) is 0. The SMILES string of the molecule is NCCCCCCS[C@@H]1O[C@H](CO)[C@@H](O)[C@H](O)[C@H]1O. The van der Waals surface area contributed by atoms with Gasteiger partial charge in [0.2, 0.25) is 0 Å². The molecule has 0 spiro atoms. The minimum absolute atomic E-state index is 0.376. The quantitative estimate of drug-likeness (QED) is 0.366. The van der Waals surface area contributed by atoms with E-state index < -0.39 is 29.9 Å². The van der Waals surface area contributed by atoms with Crippen LogP contribution in [-0.2, 0) is 4.74 Å². The van der Waals surface area contributed by atoms with Crippen molar-refractivity contribution in [1.82, 2.24) is 0 Å². The van der Waals surface area contributed by atoms with E-state index in [0.717, 1.165) is 31.4 Å². The molecule has 1 saturated heterocycles. The first-order chi connectivity index (χ1) is 9.11. The Morgan fingerprint density at radius 1 is 0.947 bits per heavy atom. The summed E-state index contributed by atoms with van der Waals surface area (Å²) in [5, 5.41) is 38.1. The van der Waals surface area contributed by atoms with Gasteiger partial charge >= 0.3 is 0 Å². The van der Waals surface area contributed by atoms with Gasteiger partial charge in [-0.3, -0.25) is 0 Å². The van der Waals surface area contributed by atoms with Crippen molar-refractivity contribution in [2.45, 2.75) is 55.5 Å². The largest absolute Gasteiger partial charge is 0.394 e. The van der Waals surface area contributed by atoms with Gasteiger partial charge in [-0.05, 0) is 25.1 Å². The second kappa shape index (κ2) is 9.12. The first kappa shape index (κ1) is 17.2. The molecule has 6 N–H and O–H groups in total. The molecule has 5 atom stereocenters. The Morgan fingerprint density at radius 3 is 2.26 bits per heavy atom. The maximum Gasteiger partial charge on any atom is 0.132 e. The van der Waals surface area contributed by atoms with Crippen molar-refractivity contribution in [2.75, 3.05) is 18.9 Å². The molecule has 114 valence electrons. The van der Waals surface area contributed by atoms with Crippen molar-refractivity contribution in [3.63, 3.8) is 0 Å². The highest BCUT2D eigenvalue weighted by molar-refractivity contribution is 7.99. The van der Waals surface area contributed by atoms with Gasteiger partial charge < -0.3 is 30.9 Å². The van der Waals surface area contributed by atoms with E-state index in [4.69, 9.17) is 15.6 Å². The van der Waals surface area contributed by atoms with Crippen LogP contribution in [0.2, 0.25) is 0 Å². The van der Waals surface area contributed by atoms with Crippen molar-refractivity contribution >= 4 is 11.8 Å². The van der Waals surface area contributed by atoms with Crippen molar-refractivity contribution in [2.24, 2.45) is 5.73 Å². The number of rotatable bonds is 8. The molecule has 1 aliphatic rings. The lowest BCUT2D eigenvalue weighted by atomic mass is 10.0. The van der Waals surface area contributed by atoms with E-state index >= 15 is 0 Å². The Labute approximate surface area is 118 Å². The highest BCUT2D eigenvalue weighted by Crippen LogP contribution is 2.29. The fourth-order valence-corrected chi connectivity index (χ4v) is 3.19. The van der Waals surface area contributed by atoms with E-state index in [0.29, 0.717) is 6.54 Å².